The largest absolute Gasteiger partial charge is 0.325 e. The van der Waals surface area contributed by atoms with Crippen LogP contribution in [0.15, 0.2) is 115 Å². The van der Waals surface area contributed by atoms with Gasteiger partial charge in [0.25, 0.3) is 11.8 Å². The number of nitrogens with one attached hydrogen (secondary N) is 2. The Morgan fingerprint density at radius 2 is 1.31 bits per heavy atom. The summed E-state index contributed by atoms with van der Waals surface area (Å²) < 4.78 is 0. The summed E-state index contributed by atoms with van der Waals surface area (Å²) in [4.78, 5) is 40.7. The molecule has 1 saturated heterocycles. The minimum Gasteiger partial charge on any atom is -0.322 e. The molecular formula is C30H25N3O3. The van der Waals surface area contributed by atoms with Crippen LogP contribution in [0.5, 0.6) is 0 Å². The smallest absolute Gasteiger partial charge is 0.322 e. The summed E-state index contributed by atoms with van der Waals surface area (Å²) in [5.41, 5.74) is 2.45. The van der Waals surface area contributed by atoms with Crippen molar-refractivity contribution in [2.24, 2.45) is 0 Å². The molecular weight excluding hydrogens is 450 g/mol. The molecule has 6 nitrogen and oxygen atoms in total. The number of rotatable bonds is 7. The van der Waals surface area contributed by atoms with Gasteiger partial charge in [0, 0.05) is 17.7 Å². The molecule has 1 aliphatic rings. The number of carbonyl (C=O) groups is 3. The zero-order valence-corrected chi connectivity index (χ0v) is 19.6. The van der Waals surface area contributed by atoms with E-state index < -0.39 is 11.6 Å². The molecule has 36 heavy (non-hydrogen) atoms. The van der Waals surface area contributed by atoms with Gasteiger partial charge in [-0.15, -0.1) is 0 Å². The van der Waals surface area contributed by atoms with Crippen molar-refractivity contribution in [1.29, 1.82) is 0 Å². The second kappa shape index (κ2) is 9.88. The van der Waals surface area contributed by atoms with Crippen LogP contribution >= 0.6 is 0 Å². The van der Waals surface area contributed by atoms with Gasteiger partial charge in [-0.2, -0.15) is 0 Å². The van der Waals surface area contributed by atoms with E-state index in [4.69, 9.17) is 0 Å². The van der Waals surface area contributed by atoms with Gasteiger partial charge in [0.05, 0.1) is 6.54 Å². The Labute approximate surface area is 209 Å². The van der Waals surface area contributed by atoms with Crippen LogP contribution in [0.25, 0.3) is 0 Å². The maximum atomic E-state index is 13.8. The fourth-order valence-electron chi connectivity index (χ4n) is 4.48. The first kappa shape index (κ1) is 23.1. The number of amides is 4. The molecule has 0 aliphatic carbocycles. The van der Waals surface area contributed by atoms with E-state index in [-0.39, 0.29) is 18.4 Å². The molecule has 2 N–H and O–H groups in total. The summed E-state index contributed by atoms with van der Waals surface area (Å²) in [5.74, 6) is -0.526. The van der Waals surface area contributed by atoms with Gasteiger partial charge >= 0.3 is 6.03 Å². The lowest BCUT2D eigenvalue weighted by molar-refractivity contribution is -0.132. The van der Waals surface area contributed by atoms with Gasteiger partial charge in [-0.1, -0.05) is 91.0 Å². The fraction of sp³-hybridized carbons (Fsp3) is 0.100. The van der Waals surface area contributed by atoms with E-state index in [1.54, 1.807) is 24.3 Å². The van der Waals surface area contributed by atoms with Gasteiger partial charge in [0.15, 0.2) is 5.54 Å². The summed E-state index contributed by atoms with van der Waals surface area (Å²) in [7, 11) is 0. The molecule has 0 saturated carbocycles. The molecule has 1 atom stereocenters. The number of nitrogens with zero attached hydrogens (tertiary/aromatic N) is 1. The van der Waals surface area contributed by atoms with Gasteiger partial charge in [-0.25, -0.2) is 4.79 Å². The second-order valence-electron chi connectivity index (χ2n) is 8.77. The molecule has 1 fully saturated rings. The van der Waals surface area contributed by atoms with E-state index in [9.17, 15) is 14.4 Å². The monoisotopic (exact) mass is 475 g/mol. The number of carbonyl (C=O) groups excluding carboxylic acids is 3. The number of imide groups is 1. The predicted octanol–water partition coefficient (Wildman–Crippen LogP) is 5.13. The van der Waals surface area contributed by atoms with E-state index >= 15 is 0 Å². The Hall–Kier alpha value is -4.71. The van der Waals surface area contributed by atoms with Gasteiger partial charge < -0.3 is 10.6 Å². The van der Waals surface area contributed by atoms with Gasteiger partial charge in [0.1, 0.15) is 0 Å². The molecule has 0 spiro atoms. The van der Waals surface area contributed by atoms with Crippen LogP contribution in [-0.4, -0.2) is 22.7 Å². The van der Waals surface area contributed by atoms with E-state index in [0.29, 0.717) is 17.7 Å². The maximum absolute atomic E-state index is 13.8. The molecule has 1 aliphatic heterocycles. The Morgan fingerprint density at radius 1 is 0.722 bits per heavy atom. The molecule has 6 heteroatoms. The van der Waals surface area contributed by atoms with E-state index in [2.05, 4.69) is 10.6 Å². The third-order valence-corrected chi connectivity index (χ3v) is 6.34. The average molecular weight is 476 g/mol. The molecule has 0 aromatic heterocycles. The van der Waals surface area contributed by atoms with Crippen molar-refractivity contribution in [3.05, 3.63) is 138 Å². The SMILES string of the molecule is O=C(Nc1ccccc1)c1ccc(CN2C(=O)NC(Cc3ccccc3)(c3ccccc3)C2=O)cc1. The van der Waals surface area contributed by atoms with E-state index in [0.717, 1.165) is 16.7 Å². The summed E-state index contributed by atoms with van der Waals surface area (Å²) in [6.07, 6.45) is 0.345. The van der Waals surface area contributed by atoms with Gasteiger partial charge in [0.2, 0.25) is 0 Å². The molecule has 0 radical (unpaired) electrons. The number of urea groups is 1. The van der Waals surface area contributed by atoms with Crippen molar-refractivity contribution in [1.82, 2.24) is 10.2 Å². The fourth-order valence-corrected chi connectivity index (χ4v) is 4.48. The van der Waals surface area contributed by atoms with Crippen LogP contribution in [0.4, 0.5) is 10.5 Å². The van der Waals surface area contributed by atoms with Crippen LogP contribution in [0.3, 0.4) is 0 Å². The molecule has 0 bridgehead atoms. The zero-order chi connectivity index (χ0) is 25.0. The van der Waals surface area contributed by atoms with Crippen molar-refractivity contribution in [2.45, 2.75) is 18.5 Å². The zero-order valence-electron chi connectivity index (χ0n) is 19.6. The van der Waals surface area contributed by atoms with Crippen LogP contribution in [-0.2, 0) is 23.3 Å². The molecule has 5 rings (SSSR count). The highest BCUT2D eigenvalue weighted by Crippen LogP contribution is 2.33. The molecule has 1 unspecified atom stereocenters. The van der Waals surface area contributed by atoms with Gasteiger partial charge in [-0.3, -0.25) is 14.5 Å². The molecule has 1 heterocycles. The highest BCUT2D eigenvalue weighted by Gasteiger charge is 2.52. The summed E-state index contributed by atoms with van der Waals surface area (Å²) in [5, 5.41) is 5.83. The minimum atomic E-state index is -1.19. The molecule has 4 amide bonds. The third-order valence-electron chi connectivity index (χ3n) is 6.34. The quantitative estimate of drug-likeness (QED) is 0.364. The highest BCUT2D eigenvalue weighted by molar-refractivity contribution is 6.07. The number of anilines is 1. The van der Waals surface area contributed by atoms with Crippen molar-refractivity contribution >= 4 is 23.5 Å². The lowest BCUT2D eigenvalue weighted by Crippen LogP contribution is -2.46. The summed E-state index contributed by atoms with van der Waals surface area (Å²) >= 11 is 0. The molecule has 4 aromatic rings. The Kier molecular flexibility index (Phi) is 6.33. The van der Waals surface area contributed by atoms with Crippen molar-refractivity contribution in [3.8, 4) is 0 Å². The number of hydrogen-bond acceptors (Lipinski definition) is 3. The lowest BCUT2D eigenvalue weighted by Gasteiger charge is -2.27. The standard InChI is InChI=1S/C30H25N3O3/c34-27(31-26-14-8-3-9-15-26)24-18-16-23(17-19-24)21-33-28(35)30(32-29(33)36,25-12-6-2-7-13-25)20-22-10-4-1-5-11-22/h1-19H,20-21H2,(H,31,34)(H,32,36). The van der Waals surface area contributed by atoms with E-state index in [1.807, 2.05) is 91.0 Å². The number of para-hydroxylation sites is 1. The summed E-state index contributed by atoms with van der Waals surface area (Å²) in [6, 6.07) is 34.7. The normalized spacial score (nSPS) is 17.1. The second-order valence-corrected chi connectivity index (χ2v) is 8.77. The average Bonchev–Trinajstić information content (AvgIpc) is 3.15. The maximum Gasteiger partial charge on any atom is 0.325 e. The highest BCUT2D eigenvalue weighted by atomic mass is 16.2. The summed E-state index contributed by atoms with van der Waals surface area (Å²) in [6.45, 7) is 0.106. The number of hydrogen-bond donors (Lipinski definition) is 2. The third kappa shape index (κ3) is 4.61. The van der Waals surface area contributed by atoms with Crippen molar-refractivity contribution in [2.75, 3.05) is 5.32 Å². The van der Waals surface area contributed by atoms with Crippen LogP contribution in [0.1, 0.15) is 27.0 Å². The van der Waals surface area contributed by atoms with Gasteiger partial charge in [-0.05, 0) is 41.0 Å². The topological polar surface area (TPSA) is 78.5 Å². The van der Waals surface area contributed by atoms with Crippen molar-refractivity contribution in [3.63, 3.8) is 0 Å². The van der Waals surface area contributed by atoms with Crippen molar-refractivity contribution < 1.29 is 14.4 Å². The first-order valence-electron chi connectivity index (χ1n) is 11.7. The predicted molar refractivity (Wildman–Crippen MR) is 138 cm³/mol. The first-order valence-corrected chi connectivity index (χ1v) is 11.7. The van der Waals surface area contributed by atoms with Crippen LogP contribution in [0, 0.1) is 0 Å². The first-order chi connectivity index (χ1) is 17.5. The van der Waals surface area contributed by atoms with E-state index in [1.165, 1.54) is 4.90 Å². The Bertz CT molecular complexity index is 1370. The van der Waals surface area contributed by atoms with Crippen LogP contribution in [0.2, 0.25) is 0 Å². The lowest BCUT2D eigenvalue weighted by atomic mass is 9.83. The molecule has 178 valence electrons. The minimum absolute atomic E-state index is 0.106. The Morgan fingerprint density at radius 3 is 1.94 bits per heavy atom. The Balaban J connectivity index is 1.36. The molecule has 4 aromatic carbocycles. The number of benzene rings is 4. The van der Waals surface area contributed by atoms with Crippen LogP contribution < -0.4 is 10.6 Å².